The maximum atomic E-state index is 11.7. The van der Waals surface area contributed by atoms with Gasteiger partial charge in [-0.15, -0.1) is 0 Å². The summed E-state index contributed by atoms with van der Waals surface area (Å²) in [7, 11) is 0. The summed E-state index contributed by atoms with van der Waals surface area (Å²) in [4.78, 5) is 11.7. The van der Waals surface area contributed by atoms with Gasteiger partial charge in [0.2, 0.25) is 0 Å². The molecule has 88 valence electrons. The second-order valence-electron chi connectivity index (χ2n) is 3.86. The second kappa shape index (κ2) is 5.14. The van der Waals surface area contributed by atoms with Gasteiger partial charge in [0.1, 0.15) is 5.76 Å². The minimum atomic E-state index is -0.199. The average molecular weight is 224 g/mol. The Hall–Kier alpha value is -1.33. The molecule has 2 heterocycles. The van der Waals surface area contributed by atoms with Gasteiger partial charge in [-0.05, 0) is 25.0 Å². The molecule has 1 amide bonds. The molecule has 0 spiro atoms. The van der Waals surface area contributed by atoms with Crippen molar-refractivity contribution in [2.24, 2.45) is 5.73 Å². The Morgan fingerprint density at radius 3 is 3.06 bits per heavy atom. The van der Waals surface area contributed by atoms with Gasteiger partial charge >= 0.3 is 0 Å². The molecule has 1 unspecified atom stereocenters. The van der Waals surface area contributed by atoms with Gasteiger partial charge in [-0.1, -0.05) is 0 Å². The highest BCUT2D eigenvalue weighted by molar-refractivity contribution is 5.91. The zero-order valence-electron chi connectivity index (χ0n) is 9.07. The van der Waals surface area contributed by atoms with E-state index in [1.807, 2.05) is 0 Å². The van der Waals surface area contributed by atoms with Crippen LogP contribution in [0.5, 0.6) is 0 Å². The molecular formula is C11H16N2O3. The third kappa shape index (κ3) is 2.62. The summed E-state index contributed by atoms with van der Waals surface area (Å²) < 4.78 is 10.5. The number of hydrogen-bond donors (Lipinski definition) is 2. The summed E-state index contributed by atoms with van der Waals surface area (Å²) in [6.45, 7) is 1.67. The molecule has 2 rings (SSSR count). The molecule has 5 nitrogen and oxygen atoms in total. The highest BCUT2D eigenvalue weighted by Crippen LogP contribution is 2.10. The van der Waals surface area contributed by atoms with E-state index in [9.17, 15) is 4.79 Å². The Balaban J connectivity index is 1.91. The van der Waals surface area contributed by atoms with Crippen LogP contribution < -0.4 is 11.1 Å². The number of furan rings is 1. The van der Waals surface area contributed by atoms with Crippen LogP contribution in [0.25, 0.3) is 0 Å². The van der Waals surface area contributed by atoms with Crippen molar-refractivity contribution in [1.82, 2.24) is 5.32 Å². The van der Waals surface area contributed by atoms with Gasteiger partial charge < -0.3 is 20.2 Å². The number of nitrogens with one attached hydrogen (secondary N) is 1. The molecule has 3 N–H and O–H groups in total. The normalized spacial score (nSPS) is 20.7. The molecule has 5 heteroatoms. The van der Waals surface area contributed by atoms with Crippen LogP contribution in [-0.4, -0.2) is 25.2 Å². The van der Waals surface area contributed by atoms with Crippen molar-refractivity contribution in [3.8, 4) is 0 Å². The predicted molar refractivity (Wildman–Crippen MR) is 57.9 cm³/mol. The topological polar surface area (TPSA) is 77.5 Å². The van der Waals surface area contributed by atoms with Crippen LogP contribution in [-0.2, 0) is 11.3 Å². The van der Waals surface area contributed by atoms with E-state index < -0.39 is 0 Å². The number of ether oxygens (including phenoxy) is 1. The van der Waals surface area contributed by atoms with E-state index >= 15 is 0 Å². The lowest BCUT2D eigenvalue weighted by atomic mass is 10.1. The van der Waals surface area contributed by atoms with Gasteiger partial charge in [-0.2, -0.15) is 0 Å². The first kappa shape index (κ1) is 11.2. The summed E-state index contributed by atoms with van der Waals surface area (Å²) >= 11 is 0. The van der Waals surface area contributed by atoms with E-state index in [4.69, 9.17) is 14.9 Å². The number of nitrogens with two attached hydrogens (primary N) is 1. The molecule has 1 aliphatic heterocycles. The van der Waals surface area contributed by atoms with E-state index in [0.717, 1.165) is 19.4 Å². The van der Waals surface area contributed by atoms with Crippen molar-refractivity contribution in [1.29, 1.82) is 0 Å². The average Bonchev–Trinajstić information content (AvgIpc) is 2.79. The quantitative estimate of drug-likeness (QED) is 0.790. The fourth-order valence-corrected chi connectivity index (χ4v) is 1.72. The third-order valence-electron chi connectivity index (χ3n) is 2.58. The van der Waals surface area contributed by atoms with Crippen molar-refractivity contribution in [2.75, 3.05) is 13.2 Å². The third-order valence-corrected chi connectivity index (χ3v) is 2.58. The van der Waals surface area contributed by atoms with Crippen molar-refractivity contribution in [2.45, 2.75) is 25.4 Å². The SMILES string of the molecule is NCc1ccc(C(=O)NC2CCCOC2)o1. The maximum absolute atomic E-state index is 11.7. The van der Waals surface area contributed by atoms with Crippen LogP contribution in [0, 0.1) is 0 Å². The van der Waals surface area contributed by atoms with Gasteiger partial charge in [0.05, 0.1) is 19.2 Å². The molecular weight excluding hydrogens is 208 g/mol. The molecule has 1 fully saturated rings. The summed E-state index contributed by atoms with van der Waals surface area (Å²) in [6.07, 6.45) is 1.94. The molecule has 1 aromatic heterocycles. The summed E-state index contributed by atoms with van der Waals surface area (Å²) in [5.74, 6) is 0.728. The summed E-state index contributed by atoms with van der Waals surface area (Å²) in [5, 5.41) is 2.87. The van der Waals surface area contributed by atoms with Crippen molar-refractivity contribution >= 4 is 5.91 Å². The monoisotopic (exact) mass is 224 g/mol. The highest BCUT2D eigenvalue weighted by Gasteiger charge is 2.18. The molecule has 1 atom stereocenters. The highest BCUT2D eigenvalue weighted by atomic mass is 16.5. The molecule has 1 aliphatic rings. The molecule has 1 aromatic rings. The first-order chi connectivity index (χ1) is 7.79. The number of rotatable bonds is 3. The number of carbonyl (C=O) groups is 1. The Morgan fingerprint density at radius 1 is 1.56 bits per heavy atom. The number of carbonyl (C=O) groups excluding carboxylic acids is 1. The fraction of sp³-hybridized carbons (Fsp3) is 0.545. The lowest BCUT2D eigenvalue weighted by Crippen LogP contribution is -2.40. The Morgan fingerprint density at radius 2 is 2.44 bits per heavy atom. The Bertz CT molecular complexity index is 356. The Kier molecular flexibility index (Phi) is 3.58. The molecule has 16 heavy (non-hydrogen) atoms. The van der Waals surface area contributed by atoms with Crippen LogP contribution in [0.4, 0.5) is 0 Å². The molecule has 1 saturated heterocycles. The van der Waals surface area contributed by atoms with Gasteiger partial charge in [0, 0.05) is 6.61 Å². The lowest BCUT2D eigenvalue weighted by Gasteiger charge is -2.22. The van der Waals surface area contributed by atoms with E-state index in [1.165, 1.54) is 0 Å². The molecule has 0 aromatic carbocycles. The standard InChI is InChI=1S/C11H16N2O3/c12-6-9-3-4-10(16-9)11(14)13-8-2-1-5-15-7-8/h3-4,8H,1-2,5-7,12H2,(H,13,14). The lowest BCUT2D eigenvalue weighted by molar-refractivity contribution is 0.0611. The molecule has 0 aliphatic carbocycles. The first-order valence-corrected chi connectivity index (χ1v) is 5.47. The van der Waals surface area contributed by atoms with E-state index in [-0.39, 0.29) is 11.9 Å². The van der Waals surface area contributed by atoms with E-state index in [0.29, 0.717) is 24.7 Å². The molecule has 0 saturated carbocycles. The zero-order valence-corrected chi connectivity index (χ0v) is 9.07. The minimum absolute atomic E-state index is 0.0904. The van der Waals surface area contributed by atoms with Crippen molar-refractivity contribution in [3.05, 3.63) is 23.7 Å². The minimum Gasteiger partial charge on any atom is -0.455 e. The fourth-order valence-electron chi connectivity index (χ4n) is 1.72. The second-order valence-corrected chi connectivity index (χ2v) is 3.86. The number of hydrogen-bond acceptors (Lipinski definition) is 4. The van der Waals surface area contributed by atoms with Crippen LogP contribution in [0.2, 0.25) is 0 Å². The van der Waals surface area contributed by atoms with Crippen LogP contribution in [0.3, 0.4) is 0 Å². The molecule has 0 bridgehead atoms. The zero-order chi connectivity index (χ0) is 11.4. The maximum Gasteiger partial charge on any atom is 0.287 e. The summed E-state index contributed by atoms with van der Waals surface area (Å²) in [5.41, 5.74) is 5.40. The largest absolute Gasteiger partial charge is 0.455 e. The van der Waals surface area contributed by atoms with Gasteiger partial charge in [-0.25, -0.2) is 0 Å². The van der Waals surface area contributed by atoms with E-state index in [2.05, 4.69) is 5.32 Å². The van der Waals surface area contributed by atoms with Crippen LogP contribution in [0.1, 0.15) is 29.2 Å². The van der Waals surface area contributed by atoms with Crippen LogP contribution >= 0.6 is 0 Å². The first-order valence-electron chi connectivity index (χ1n) is 5.47. The number of amides is 1. The summed E-state index contributed by atoms with van der Waals surface area (Å²) in [6, 6.07) is 3.45. The van der Waals surface area contributed by atoms with Gasteiger partial charge in [-0.3, -0.25) is 4.79 Å². The van der Waals surface area contributed by atoms with Gasteiger partial charge in [0.25, 0.3) is 5.91 Å². The predicted octanol–water partition coefficient (Wildman–Crippen LogP) is 0.647. The van der Waals surface area contributed by atoms with Crippen LogP contribution in [0.15, 0.2) is 16.5 Å². The smallest absolute Gasteiger partial charge is 0.287 e. The van der Waals surface area contributed by atoms with Crippen molar-refractivity contribution in [3.63, 3.8) is 0 Å². The van der Waals surface area contributed by atoms with Gasteiger partial charge in [0.15, 0.2) is 5.76 Å². The Labute approximate surface area is 93.9 Å². The molecule has 0 radical (unpaired) electrons. The van der Waals surface area contributed by atoms with Crippen molar-refractivity contribution < 1.29 is 13.9 Å². The van der Waals surface area contributed by atoms with E-state index in [1.54, 1.807) is 12.1 Å².